The lowest BCUT2D eigenvalue weighted by atomic mass is 10.2. The van der Waals surface area contributed by atoms with Crippen molar-refractivity contribution in [3.63, 3.8) is 0 Å². The Morgan fingerprint density at radius 2 is 2.14 bits per heavy atom. The molecule has 0 aromatic carbocycles. The minimum Gasteiger partial charge on any atom is -0.455 e. The van der Waals surface area contributed by atoms with Crippen molar-refractivity contribution in [2.75, 3.05) is 0 Å². The van der Waals surface area contributed by atoms with Crippen molar-refractivity contribution in [2.24, 2.45) is 0 Å². The van der Waals surface area contributed by atoms with Crippen LogP contribution >= 0.6 is 22.7 Å². The summed E-state index contributed by atoms with van der Waals surface area (Å²) in [4.78, 5) is 14.3. The van der Waals surface area contributed by atoms with Crippen molar-refractivity contribution < 1.29 is 14.1 Å². The molecule has 22 heavy (non-hydrogen) atoms. The van der Waals surface area contributed by atoms with Gasteiger partial charge in [-0.25, -0.2) is 4.79 Å². The van der Waals surface area contributed by atoms with Crippen molar-refractivity contribution in [3.05, 3.63) is 62.3 Å². The average Bonchev–Trinajstić information content (AvgIpc) is 3.24. The molecular weight excluding hydrogens is 318 g/mol. The highest BCUT2D eigenvalue weighted by atomic mass is 32.1. The summed E-state index contributed by atoms with van der Waals surface area (Å²) in [6.45, 7) is 1.90. The van der Waals surface area contributed by atoms with E-state index in [9.17, 15) is 4.79 Å². The maximum Gasteiger partial charge on any atom is 0.340 e. The van der Waals surface area contributed by atoms with Crippen LogP contribution in [0.4, 0.5) is 0 Å². The Morgan fingerprint density at radius 1 is 1.32 bits per heavy atom. The van der Waals surface area contributed by atoms with Gasteiger partial charge in [-0.1, -0.05) is 17.3 Å². The van der Waals surface area contributed by atoms with Crippen LogP contribution in [-0.4, -0.2) is 11.1 Å². The van der Waals surface area contributed by atoms with Crippen LogP contribution in [0.15, 0.2) is 45.6 Å². The van der Waals surface area contributed by atoms with Gasteiger partial charge >= 0.3 is 5.97 Å². The lowest BCUT2D eigenvalue weighted by Crippen LogP contribution is -2.06. The lowest BCUT2D eigenvalue weighted by Gasteiger charge is -2.05. The van der Waals surface area contributed by atoms with Crippen LogP contribution in [0.25, 0.3) is 11.6 Å². The van der Waals surface area contributed by atoms with E-state index < -0.39 is 0 Å². The van der Waals surface area contributed by atoms with Crippen molar-refractivity contribution >= 4 is 40.3 Å². The van der Waals surface area contributed by atoms with E-state index in [1.165, 1.54) is 11.3 Å². The first-order valence-electron chi connectivity index (χ1n) is 6.61. The van der Waals surface area contributed by atoms with E-state index in [1.54, 1.807) is 24.3 Å². The summed E-state index contributed by atoms with van der Waals surface area (Å²) in [6, 6.07) is 9.49. The number of aromatic nitrogens is 1. The molecule has 0 fully saturated rings. The standard InChI is InChI=1S/C16H13NO3S2/c1-11-8-12(17-20-11)10-19-16(18)14(15-5-3-7-22-15)9-13-4-2-6-21-13/h2-9H,10H2,1H3/b14-9+. The predicted molar refractivity (Wildman–Crippen MR) is 87.5 cm³/mol. The first kappa shape index (κ1) is 14.7. The first-order chi connectivity index (χ1) is 10.7. The van der Waals surface area contributed by atoms with Gasteiger partial charge in [0, 0.05) is 15.8 Å². The second-order valence-corrected chi connectivity index (χ2v) is 6.48. The molecule has 6 heteroatoms. The maximum atomic E-state index is 12.4. The molecule has 0 aliphatic carbocycles. The molecule has 0 saturated heterocycles. The number of thiophene rings is 2. The summed E-state index contributed by atoms with van der Waals surface area (Å²) < 4.78 is 10.3. The number of carbonyl (C=O) groups excluding carboxylic acids is 1. The molecule has 0 N–H and O–H groups in total. The highest BCUT2D eigenvalue weighted by molar-refractivity contribution is 7.12. The molecule has 0 aliphatic rings. The first-order valence-corrected chi connectivity index (χ1v) is 8.37. The number of esters is 1. The summed E-state index contributed by atoms with van der Waals surface area (Å²) in [5.41, 5.74) is 1.16. The van der Waals surface area contributed by atoms with Crippen LogP contribution in [-0.2, 0) is 16.1 Å². The van der Waals surface area contributed by atoms with Gasteiger partial charge < -0.3 is 9.26 Å². The van der Waals surface area contributed by atoms with E-state index in [0.29, 0.717) is 17.0 Å². The Hall–Kier alpha value is -2.18. The Balaban J connectivity index is 1.78. The number of nitrogens with zero attached hydrogens (tertiary/aromatic N) is 1. The van der Waals surface area contributed by atoms with Gasteiger partial charge in [0.1, 0.15) is 18.1 Å². The molecule has 3 aromatic heterocycles. The zero-order valence-corrected chi connectivity index (χ0v) is 13.4. The lowest BCUT2D eigenvalue weighted by molar-refractivity contribution is -0.137. The fourth-order valence-corrected chi connectivity index (χ4v) is 3.27. The Morgan fingerprint density at radius 3 is 2.77 bits per heavy atom. The molecule has 0 bridgehead atoms. The fourth-order valence-electron chi connectivity index (χ4n) is 1.88. The third-order valence-corrected chi connectivity index (χ3v) is 4.59. The highest BCUT2D eigenvalue weighted by Crippen LogP contribution is 2.26. The van der Waals surface area contributed by atoms with Crippen molar-refractivity contribution in [2.45, 2.75) is 13.5 Å². The van der Waals surface area contributed by atoms with Gasteiger partial charge in [-0.05, 0) is 35.9 Å². The minimum absolute atomic E-state index is 0.101. The number of hydrogen-bond donors (Lipinski definition) is 0. The van der Waals surface area contributed by atoms with Crippen LogP contribution in [0.1, 0.15) is 21.2 Å². The molecule has 3 rings (SSSR count). The van der Waals surface area contributed by atoms with Gasteiger partial charge in [0.05, 0.1) is 5.57 Å². The highest BCUT2D eigenvalue weighted by Gasteiger charge is 2.16. The normalized spacial score (nSPS) is 11.6. The molecular formula is C16H13NO3S2. The zero-order chi connectivity index (χ0) is 15.4. The minimum atomic E-state index is -0.364. The maximum absolute atomic E-state index is 12.4. The Bertz CT molecular complexity index is 770. The summed E-state index contributed by atoms with van der Waals surface area (Å²) in [5, 5.41) is 7.73. The number of rotatable bonds is 5. The summed E-state index contributed by atoms with van der Waals surface area (Å²) in [6.07, 6.45) is 1.85. The summed E-state index contributed by atoms with van der Waals surface area (Å²) >= 11 is 3.09. The third-order valence-electron chi connectivity index (χ3n) is 2.86. The number of carbonyl (C=O) groups is 1. The second-order valence-electron chi connectivity index (χ2n) is 4.56. The largest absolute Gasteiger partial charge is 0.455 e. The number of hydrogen-bond acceptors (Lipinski definition) is 6. The van der Waals surface area contributed by atoms with Gasteiger partial charge in [-0.2, -0.15) is 0 Å². The molecule has 0 aliphatic heterocycles. The van der Waals surface area contributed by atoms with E-state index in [4.69, 9.17) is 9.26 Å². The van der Waals surface area contributed by atoms with E-state index in [1.807, 2.05) is 41.1 Å². The van der Waals surface area contributed by atoms with Gasteiger partial charge in [0.25, 0.3) is 0 Å². The monoisotopic (exact) mass is 331 g/mol. The molecule has 0 saturated carbocycles. The molecule has 0 radical (unpaired) electrons. The molecule has 112 valence electrons. The summed E-state index contributed by atoms with van der Waals surface area (Å²) in [7, 11) is 0. The van der Waals surface area contributed by atoms with Gasteiger partial charge in [-0.3, -0.25) is 0 Å². The molecule has 0 atom stereocenters. The van der Waals surface area contributed by atoms with Gasteiger partial charge in [-0.15, -0.1) is 22.7 Å². The molecule has 3 aromatic rings. The van der Waals surface area contributed by atoms with Gasteiger partial charge in [0.2, 0.25) is 0 Å². The van der Waals surface area contributed by atoms with E-state index in [2.05, 4.69) is 5.16 Å². The van der Waals surface area contributed by atoms with Crippen molar-refractivity contribution in [3.8, 4) is 0 Å². The predicted octanol–water partition coefficient (Wildman–Crippen LogP) is 4.39. The van der Waals surface area contributed by atoms with Crippen LogP contribution in [0.5, 0.6) is 0 Å². The Kier molecular flexibility index (Phi) is 4.50. The number of ether oxygens (including phenoxy) is 1. The summed E-state index contributed by atoms with van der Waals surface area (Å²) in [5.74, 6) is 0.329. The molecule has 4 nitrogen and oxygen atoms in total. The molecule has 3 heterocycles. The fraction of sp³-hybridized carbons (Fsp3) is 0.125. The average molecular weight is 331 g/mol. The van der Waals surface area contributed by atoms with Crippen LogP contribution in [0, 0.1) is 6.92 Å². The topological polar surface area (TPSA) is 52.3 Å². The molecule has 0 unspecified atom stereocenters. The van der Waals surface area contributed by atoms with Gasteiger partial charge in [0.15, 0.2) is 0 Å². The van der Waals surface area contributed by atoms with Crippen LogP contribution in [0.3, 0.4) is 0 Å². The zero-order valence-electron chi connectivity index (χ0n) is 11.8. The molecule has 0 spiro atoms. The van der Waals surface area contributed by atoms with E-state index in [0.717, 1.165) is 9.75 Å². The Labute approximate surface area is 135 Å². The third kappa shape index (κ3) is 3.52. The molecule has 0 amide bonds. The number of aryl methyl sites for hydroxylation is 1. The smallest absolute Gasteiger partial charge is 0.340 e. The van der Waals surface area contributed by atoms with E-state index in [-0.39, 0.29) is 12.6 Å². The van der Waals surface area contributed by atoms with Crippen molar-refractivity contribution in [1.82, 2.24) is 5.16 Å². The van der Waals surface area contributed by atoms with E-state index >= 15 is 0 Å². The second kappa shape index (κ2) is 6.72. The van der Waals surface area contributed by atoms with Crippen LogP contribution < -0.4 is 0 Å². The quantitative estimate of drug-likeness (QED) is 0.514. The van der Waals surface area contributed by atoms with Crippen LogP contribution in [0.2, 0.25) is 0 Å². The van der Waals surface area contributed by atoms with Crippen molar-refractivity contribution in [1.29, 1.82) is 0 Å². The SMILES string of the molecule is Cc1cc(COC(=O)/C(=C/c2cccs2)c2cccs2)no1.